The van der Waals surface area contributed by atoms with E-state index in [1.165, 1.54) is 11.3 Å². The number of esters is 1. The van der Waals surface area contributed by atoms with Crippen LogP contribution in [0.2, 0.25) is 0 Å². The Morgan fingerprint density at radius 2 is 2.00 bits per heavy atom. The summed E-state index contributed by atoms with van der Waals surface area (Å²) in [6.07, 6.45) is 0.506. The van der Waals surface area contributed by atoms with Crippen LogP contribution in [0.1, 0.15) is 37.8 Å². The molecule has 0 aromatic carbocycles. The van der Waals surface area contributed by atoms with Crippen molar-refractivity contribution in [2.75, 3.05) is 20.3 Å². The normalized spacial score (nSPS) is 13.2. The molecular formula is C17H29N3O4S. The lowest BCUT2D eigenvalue weighted by atomic mass is 10.0. The number of aryl methyl sites for hydroxylation is 1. The molecular weight excluding hydrogens is 342 g/mol. The van der Waals surface area contributed by atoms with Gasteiger partial charge in [0.15, 0.2) is 4.80 Å². The maximum Gasteiger partial charge on any atom is 0.344 e. The molecule has 142 valence electrons. The highest BCUT2D eigenvalue weighted by molar-refractivity contribution is 7.09. The lowest BCUT2D eigenvalue weighted by Gasteiger charge is -2.17. The minimum Gasteiger partial charge on any atom is -0.464 e. The van der Waals surface area contributed by atoms with Crippen molar-refractivity contribution in [1.29, 1.82) is 0 Å². The Balaban J connectivity index is 3.00. The summed E-state index contributed by atoms with van der Waals surface area (Å²) >= 11 is 1.44. The first-order valence-corrected chi connectivity index (χ1v) is 9.29. The number of rotatable bonds is 8. The molecule has 1 N–H and O–H groups in total. The molecule has 0 aliphatic heterocycles. The van der Waals surface area contributed by atoms with Crippen molar-refractivity contribution in [3.05, 3.63) is 15.4 Å². The number of thiazole rings is 1. The predicted octanol–water partition coefficient (Wildman–Crippen LogP) is 2.40. The topological polar surface area (TPSA) is 81.9 Å². The lowest BCUT2D eigenvalue weighted by molar-refractivity contribution is -0.145. The predicted molar refractivity (Wildman–Crippen MR) is 97.6 cm³/mol. The smallest absolute Gasteiger partial charge is 0.344 e. The molecule has 0 unspecified atom stereocenters. The van der Waals surface area contributed by atoms with Gasteiger partial charge >= 0.3 is 12.0 Å². The van der Waals surface area contributed by atoms with Gasteiger partial charge in [0.2, 0.25) is 0 Å². The van der Waals surface area contributed by atoms with Gasteiger partial charge in [-0.1, -0.05) is 13.8 Å². The number of carbonyl (C=O) groups excluding carboxylic acids is 2. The summed E-state index contributed by atoms with van der Waals surface area (Å²) in [4.78, 5) is 30.2. The third-order valence-corrected chi connectivity index (χ3v) is 4.78. The van der Waals surface area contributed by atoms with Crippen molar-refractivity contribution in [3.8, 4) is 0 Å². The van der Waals surface area contributed by atoms with Crippen molar-refractivity contribution in [3.63, 3.8) is 0 Å². The molecule has 1 atom stereocenters. The molecule has 0 aliphatic rings. The van der Waals surface area contributed by atoms with Crippen LogP contribution in [0.15, 0.2) is 4.99 Å². The summed E-state index contributed by atoms with van der Waals surface area (Å²) in [5, 5.41) is 2.68. The standard InChI is InChI=1S/C17H29N3O4S/c1-7-24-15(21)14(10-11(2)3)18-16(22)19-17-20(8-9-23-6)12(4)13(5)25-17/h11,14H,7-10H2,1-6H3,(H,18,22)/b19-17-/t14-/m0/s1. The zero-order chi connectivity index (χ0) is 19.0. The summed E-state index contributed by atoms with van der Waals surface area (Å²) in [5.41, 5.74) is 1.05. The molecule has 8 heteroatoms. The average Bonchev–Trinajstić information content (AvgIpc) is 2.78. The number of carbonyl (C=O) groups is 2. The summed E-state index contributed by atoms with van der Waals surface area (Å²) in [5.74, 6) is -0.182. The van der Waals surface area contributed by atoms with Crippen molar-refractivity contribution in [2.24, 2.45) is 10.9 Å². The second kappa shape index (κ2) is 10.4. The van der Waals surface area contributed by atoms with E-state index in [-0.39, 0.29) is 12.5 Å². The van der Waals surface area contributed by atoms with E-state index in [0.717, 1.165) is 10.6 Å². The molecule has 7 nitrogen and oxygen atoms in total. The van der Waals surface area contributed by atoms with Crippen LogP contribution < -0.4 is 10.1 Å². The monoisotopic (exact) mass is 371 g/mol. The highest BCUT2D eigenvalue weighted by atomic mass is 32.1. The van der Waals surface area contributed by atoms with Gasteiger partial charge in [0.05, 0.1) is 13.2 Å². The molecule has 0 spiro atoms. The highest BCUT2D eigenvalue weighted by Crippen LogP contribution is 2.10. The maximum atomic E-state index is 12.3. The molecule has 0 radical (unpaired) electrons. The van der Waals surface area contributed by atoms with Gasteiger partial charge < -0.3 is 19.4 Å². The summed E-state index contributed by atoms with van der Waals surface area (Å²) in [7, 11) is 1.63. The van der Waals surface area contributed by atoms with Gasteiger partial charge in [-0.15, -0.1) is 11.3 Å². The first kappa shape index (κ1) is 21.4. The Kier molecular flexibility index (Phi) is 8.85. The first-order valence-electron chi connectivity index (χ1n) is 8.47. The molecule has 1 rings (SSSR count). The van der Waals surface area contributed by atoms with E-state index in [4.69, 9.17) is 9.47 Å². The van der Waals surface area contributed by atoms with Crippen LogP contribution in [0, 0.1) is 19.8 Å². The number of urea groups is 1. The van der Waals surface area contributed by atoms with E-state index >= 15 is 0 Å². The number of amides is 2. The third-order valence-electron chi connectivity index (χ3n) is 3.68. The average molecular weight is 372 g/mol. The van der Waals surface area contributed by atoms with E-state index in [1.807, 2.05) is 32.3 Å². The number of methoxy groups -OCH3 is 1. The second-order valence-corrected chi connectivity index (χ2v) is 7.35. The fraction of sp³-hybridized carbons (Fsp3) is 0.706. The molecule has 2 amide bonds. The Morgan fingerprint density at radius 3 is 2.56 bits per heavy atom. The number of nitrogens with one attached hydrogen (secondary N) is 1. The van der Waals surface area contributed by atoms with E-state index < -0.39 is 18.0 Å². The van der Waals surface area contributed by atoms with Gasteiger partial charge in [-0.3, -0.25) is 0 Å². The summed E-state index contributed by atoms with van der Waals surface area (Å²) < 4.78 is 12.1. The molecule has 0 bridgehead atoms. The molecule has 1 aromatic rings. The number of hydrogen-bond donors (Lipinski definition) is 1. The lowest BCUT2D eigenvalue weighted by Crippen LogP contribution is -2.42. The largest absolute Gasteiger partial charge is 0.464 e. The van der Waals surface area contributed by atoms with Crippen LogP contribution in [-0.2, 0) is 20.8 Å². The molecule has 25 heavy (non-hydrogen) atoms. The fourth-order valence-electron chi connectivity index (χ4n) is 2.33. The van der Waals surface area contributed by atoms with Gasteiger partial charge in [-0.2, -0.15) is 4.99 Å². The first-order chi connectivity index (χ1) is 11.8. The number of hydrogen-bond acceptors (Lipinski definition) is 5. The second-order valence-electron chi connectivity index (χ2n) is 6.17. The molecule has 0 saturated heterocycles. The van der Waals surface area contributed by atoms with E-state index in [0.29, 0.717) is 24.4 Å². The van der Waals surface area contributed by atoms with Crippen LogP contribution in [0.4, 0.5) is 4.79 Å². The zero-order valence-corrected chi connectivity index (χ0v) is 16.7. The van der Waals surface area contributed by atoms with Crippen LogP contribution in [0.3, 0.4) is 0 Å². The van der Waals surface area contributed by atoms with Gasteiger partial charge in [0, 0.05) is 24.2 Å². The maximum absolute atomic E-state index is 12.3. The van der Waals surface area contributed by atoms with Gasteiger partial charge in [0.1, 0.15) is 6.04 Å². The van der Waals surface area contributed by atoms with Crippen LogP contribution >= 0.6 is 11.3 Å². The summed E-state index contributed by atoms with van der Waals surface area (Å²) in [6, 6.07) is -1.23. The highest BCUT2D eigenvalue weighted by Gasteiger charge is 2.23. The third kappa shape index (κ3) is 6.62. The molecule has 0 saturated carbocycles. The Labute approximate surface area is 153 Å². The molecule has 0 fully saturated rings. The van der Waals surface area contributed by atoms with Gasteiger partial charge in [-0.25, -0.2) is 9.59 Å². The fourth-order valence-corrected chi connectivity index (χ4v) is 3.32. The Bertz CT molecular complexity index is 649. The molecule has 0 aliphatic carbocycles. The van der Waals surface area contributed by atoms with E-state index in [2.05, 4.69) is 10.3 Å². The minimum atomic E-state index is -0.689. The van der Waals surface area contributed by atoms with Gasteiger partial charge in [0.25, 0.3) is 0 Å². The Morgan fingerprint density at radius 1 is 1.32 bits per heavy atom. The number of ether oxygens (including phenoxy) is 2. The van der Waals surface area contributed by atoms with Crippen molar-refractivity contribution in [2.45, 2.75) is 53.6 Å². The number of aromatic nitrogens is 1. The van der Waals surface area contributed by atoms with Gasteiger partial charge in [-0.05, 0) is 33.1 Å². The Hall–Kier alpha value is -1.67. The van der Waals surface area contributed by atoms with Crippen LogP contribution in [0.25, 0.3) is 0 Å². The van der Waals surface area contributed by atoms with Crippen LogP contribution in [-0.4, -0.2) is 42.9 Å². The zero-order valence-electron chi connectivity index (χ0n) is 15.9. The van der Waals surface area contributed by atoms with Crippen molar-refractivity contribution < 1.29 is 19.1 Å². The molecule has 1 heterocycles. The van der Waals surface area contributed by atoms with Crippen LogP contribution in [0.5, 0.6) is 0 Å². The van der Waals surface area contributed by atoms with E-state index in [9.17, 15) is 9.59 Å². The molecule has 1 aromatic heterocycles. The number of nitrogens with zero attached hydrogens (tertiary/aromatic N) is 2. The van der Waals surface area contributed by atoms with Crippen molar-refractivity contribution >= 4 is 23.3 Å². The summed E-state index contributed by atoms with van der Waals surface area (Å²) in [6.45, 7) is 11.1. The quantitative estimate of drug-likeness (QED) is 0.712. The van der Waals surface area contributed by atoms with E-state index in [1.54, 1.807) is 14.0 Å². The SMILES string of the molecule is CCOC(=O)[C@H](CC(C)C)NC(=O)/N=c1\sc(C)c(C)n1CCOC. The van der Waals surface area contributed by atoms with Crippen molar-refractivity contribution in [1.82, 2.24) is 9.88 Å². The minimum absolute atomic E-state index is 0.243.